The van der Waals surface area contributed by atoms with Crippen LogP contribution in [-0.4, -0.2) is 29.9 Å². The van der Waals surface area contributed by atoms with E-state index in [1.54, 1.807) is 48.5 Å². The summed E-state index contributed by atoms with van der Waals surface area (Å²) in [6.45, 7) is 3.18. The van der Waals surface area contributed by atoms with Gasteiger partial charge in [0.05, 0.1) is 0 Å². The van der Waals surface area contributed by atoms with E-state index in [0.29, 0.717) is 10.6 Å². The zero-order chi connectivity index (χ0) is 19.8. The molecule has 0 saturated heterocycles. The van der Waals surface area contributed by atoms with Gasteiger partial charge < -0.3 is 15.4 Å². The lowest BCUT2D eigenvalue weighted by Crippen LogP contribution is -2.43. The summed E-state index contributed by atoms with van der Waals surface area (Å²) < 4.78 is 5.13. The van der Waals surface area contributed by atoms with E-state index >= 15 is 0 Å². The Morgan fingerprint density at radius 1 is 1.00 bits per heavy atom. The lowest BCUT2D eigenvalue weighted by molar-refractivity contribution is -0.156. The molecule has 27 heavy (non-hydrogen) atoms. The molecule has 142 valence electrons. The molecule has 2 aromatic carbocycles. The second-order valence-corrected chi connectivity index (χ2v) is 6.36. The fraction of sp³-hybridized carbons (Fsp3) is 0.250. The van der Waals surface area contributed by atoms with Gasteiger partial charge in [-0.3, -0.25) is 9.59 Å². The third kappa shape index (κ3) is 6.11. The molecule has 2 N–H and O–H groups in total. The van der Waals surface area contributed by atoms with Gasteiger partial charge in [0.25, 0.3) is 11.8 Å². The Morgan fingerprint density at radius 3 is 2.30 bits per heavy atom. The molecule has 2 aromatic rings. The molecular formula is C20H21ClN2O4. The summed E-state index contributed by atoms with van der Waals surface area (Å²) in [5, 5.41) is 5.75. The first-order valence-electron chi connectivity index (χ1n) is 8.46. The van der Waals surface area contributed by atoms with Crippen molar-refractivity contribution in [2.75, 3.05) is 0 Å². The van der Waals surface area contributed by atoms with Crippen molar-refractivity contribution in [1.29, 1.82) is 0 Å². The van der Waals surface area contributed by atoms with Crippen LogP contribution in [0.4, 0.5) is 0 Å². The molecule has 0 radical (unpaired) electrons. The van der Waals surface area contributed by atoms with Gasteiger partial charge >= 0.3 is 5.97 Å². The molecule has 0 aliphatic rings. The third-order valence-electron chi connectivity index (χ3n) is 3.81. The van der Waals surface area contributed by atoms with Crippen molar-refractivity contribution in [1.82, 2.24) is 10.6 Å². The molecule has 0 fully saturated rings. The summed E-state index contributed by atoms with van der Waals surface area (Å²) >= 11 is 6.04. The number of halogens is 1. The first-order valence-corrected chi connectivity index (χ1v) is 8.84. The number of ether oxygens (including phenoxy) is 1. The second kappa shape index (κ2) is 9.73. The smallest absolute Gasteiger partial charge is 0.329 e. The van der Waals surface area contributed by atoms with Crippen LogP contribution in [0.25, 0.3) is 0 Å². The molecule has 2 amide bonds. The van der Waals surface area contributed by atoms with Crippen LogP contribution in [0.1, 0.15) is 29.8 Å². The highest BCUT2D eigenvalue weighted by Crippen LogP contribution is 2.14. The van der Waals surface area contributed by atoms with Crippen LogP contribution in [0.3, 0.4) is 0 Å². The summed E-state index contributed by atoms with van der Waals surface area (Å²) in [4.78, 5) is 36.3. The zero-order valence-electron chi connectivity index (χ0n) is 15.1. The van der Waals surface area contributed by atoms with Gasteiger partial charge in [0, 0.05) is 17.1 Å². The van der Waals surface area contributed by atoms with E-state index in [4.69, 9.17) is 16.3 Å². The SMILES string of the molecule is CC(OC(=O)[C@H](C)NC(=O)c1ccccc1)C(=O)NCc1ccccc1Cl. The van der Waals surface area contributed by atoms with Crippen molar-refractivity contribution >= 4 is 29.4 Å². The number of amides is 2. The van der Waals surface area contributed by atoms with Crippen LogP contribution in [0.15, 0.2) is 54.6 Å². The van der Waals surface area contributed by atoms with Gasteiger partial charge in [-0.15, -0.1) is 0 Å². The van der Waals surface area contributed by atoms with Gasteiger partial charge in [-0.2, -0.15) is 0 Å². The van der Waals surface area contributed by atoms with Gasteiger partial charge in [0.2, 0.25) is 0 Å². The van der Waals surface area contributed by atoms with E-state index in [9.17, 15) is 14.4 Å². The quantitative estimate of drug-likeness (QED) is 0.714. The molecule has 1 unspecified atom stereocenters. The molecule has 0 heterocycles. The number of hydrogen-bond acceptors (Lipinski definition) is 4. The highest BCUT2D eigenvalue weighted by Gasteiger charge is 2.23. The maximum atomic E-state index is 12.1. The molecular weight excluding hydrogens is 368 g/mol. The predicted molar refractivity (Wildman–Crippen MR) is 102 cm³/mol. The Labute approximate surface area is 162 Å². The highest BCUT2D eigenvalue weighted by molar-refractivity contribution is 6.31. The summed E-state index contributed by atoms with van der Waals surface area (Å²) in [6, 6.07) is 14.7. The van der Waals surface area contributed by atoms with Crippen molar-refractivity contribution in [3.63, 3.8) is 0 Å². The van der Waals surface area contributed by atoms with Gasteiger partial charge in [-0.25, -0.2) is 4.79 Å². The summed E-state index contributed by atoms with van der Waals surface area (Å²) in [7, 11) is 0. The van der Waals surface area contributed by atoms with Crippen molar-refractivity contribution < 1.29 is 19.1 Å². The number of rotatable bonds is 7. The van der Waals surface area contributed by atoms with Crippen LogP contribution >= 0.6 is 11.6 Å². The normalized spacial score (nSPS) is 12.6. The Kier molecular flexibility index (Phi) is 7.37. The molecule has 2 rings (SSSR count). The molecule has 7 heteroatoms. The number of hydrogen-bond donors (Lipinski definition) is 2. The largest absolute Gasteiger partial charge is 0.451 e. The van der Waals surface area contributed by atoms with Crippen LogP contribution < -0.4 is 10.6 Å². The summed E-state index contributed by atoms with van der Waals surface area (Å²) in [6.07, 6.45) is -1.00. The van der Waals surface area contributed by atoms with Crippen molar-refractivity contribution in [3.8, 4) is 0 Å². The minimum absolute atomic E-state index is 0.223. The minimum Gasteiger partial charge on any atom is -0.451 e. The average Bonchev–Trinajstić information content (AvgIpc) is 2.67. The fourth-order valence-corrected chi connectivity index (χ4v) is 2.43. The van der Waals surface area contributed by atoms with Crippen LogP contribution in [0.2, 0.25) is 5.02 Å². The monoisotopic (exact) mass is 388 g/mol. The summed E-state index contributed by atoms with van der Waals surface area (Å²) in [5.41, 5.74) is 1.19. The molecule has 0 aliphatic heterocycles. The van der Waals surface area contributed by atoms with E-state index in [2.05, 4.69) is 10.6 Å². The lowest BCUT2D eigenvalue weighted by atomic mass is 10.2. The molecule has 0 aromatic heterocycles. The van der Waals surface area contributed by atoms with E-state index in [0.717, 1.165) is 5.56 Å². The number of nitrogens with one attached hydrogen (secondary N) is 2. The Balaban J connectivity index is 1.82. The number of esters is 1. The van der Waals surface area contributed by atoms with Crippen LogP contribution in [0.5, 0.6) is 0 Å². The lowest BCUT2D eigenvalue weighted by Gasteiger charge is -2.18. The second-order valence-electron chi connectivity index (χ2n) is 5.95. The minimum atomic E-state index is -1.00. The Hall–Kier alpha value is -2.86. The first-order chi connectivity index (χ1) is 12.9. The van der Waals surface area contributed by atoms with Crippen LogP contribution in [-0.2, 0) is 20.9 Å². The predicted octanol–water partition coefficient (Wildman–Crippen LogP) is 2.71. The van der Waals surface area contributed by atoms with Crippen molar-refractivity contribution in [2.24, 2.45) is 0 Å². The number of benzene rings is 2. The van der Waals surface area contributed by atoms with E-state index in [1.807, 2.05) is 6.07 Å². The van der Waals surface area contributed by atoms with Gasteiger partial charge in [0.15, 0.2) is 6.10 Å². The van der Waals surface area contributed by atoms with E-state index in [-0.39, 0.29) is 6.54 Å². The van der Waals surface area contributed by atoms with Crippen molar-refractivity contribution in [3.05, 3.63) is 70.7 Å². The van der Waals surface area contributed by atoms with E-state index in [1.165, 1.54) is 13.8 Å². The standard InChI is InChI=1S/C20H21ClN2O4/c1-13(23-19(25)15-8-4-3-5-9-15)20(26)27-14(2)18(24)22-12-16-10-6-7-11-17(16)21/h3-11,13-14H,12H2,1-2H3,(H,22,24)(H,23,25)/t13-,14?/m0/s1. The van der Waals surface area contributed by atoms with E-state index < -0.39 is 29.9 Å². The Bertz CT molecular complexity index is 811. The Morgan fingerprint density at radius 2 is 1.63 bits per heavy atom. The van der Waals surface area contributed by atoms with Crippen molar-refractivity contribution in [2.45, 2.75) is 32.5 Å². The molecule has 2 atom stereocenters. The summed E-state index contributed by atoms with van der Waals surface area (Å²) in [5.74, 6) is -1.54. The number of carbonyl (C=O) groups excluding carboxylic acids is 3. The molecule has 0 bridgehead atoms. The highest BCUT2D eigenvalue weighted by atomic mass is 35.5. The van der Waals surface area contributed by atoms with Crippen LogP contribution in [0, 0.1) is 0 Å². The fourth-order valence-electron chi connectivity index (χ4n) is 2.23. The molecule has 6 nitrogen and oxygen atoms in total. The molecule has 0 spiro atoms. The number of carbonyl (C=O) groups is 3. The van der Waals surface area contributed by atoms with Gasteiger partial charge in [-0.1, -0.05) is 48.0 Å². The first kappa shape index (κ1) is 20.5. The maximum absolute atomic E-state index is 12.1. The van der Waals surface area contributed by atoms with Gasteiger partial charge in [0.1, 0.15) is 6.04 Å². The molecule has 0 aliphatic carbocycles. The van der Waals surface area contributed by atoms with Gasteiger partial charge in [-0.05, 0) is 37.6 Å². The maximum Gasteiger partial charge on any atom is 0.329 e. The zero-order valence-corrected chi connectivity index (χ0v) is 15.8. The third-order valence-corrected chi connectivity index (χ3v) is 4.18. The average molecular weight is 389 g/mol. The molecule has 0 saturated carbocycles. The topological polar surface area (TPSA) is 84.5 Å².